The number of halogens is 3. The highest BCUT2D eigenvalue weighted by Gasteiger charge is 2.34. The first kappa shape index (κ1) is 21.3. The number of pyridine rings is 1. The molecule has 1 aromatic heterocycles. The molecule has 30 heavy (non-hydrogen) atoms. The molecular weight excluding hydrogens is 415 g/mol. The molecule has 3 aromatic rings. The molecule has 1 amide bonds. The van der Waals surface area contributed by atoms with Gasteiger partial charge in [0.15, 0.2) is 5.11 Å². The topological polar surface area (TPSA) is 63.2 Å². The zero-order chi connectivity index (χ0) is 21.7. The lowest BCUT2D eigenvalue weighted by Gasteiger charge is -2.14. The molecule has 1 heterocycles. The van der Waals surface area contributed by atoms with Crippen LogP contribution in [0.1, 0.15) is 15.9 Å². The monoisotopic (exact) mass is 431 g/mol. The van der Waals surface area contributed by atoms with Gasteiger partial charge in [-0.2, -0.15) is 13.2 Å². The molecule has 0 saturated heterocycles. The van der Waals surface area contributed by atoms with Crippen molar-refractivity contribution in [2.75, 3.05) is 12.4 Å². The zero-order valence-corrected chi connectivity index (χ0v) is 16.5. The number of hydrogen-bond donors (Lipinski definition) is 2. The van der Waals surface area contributed by atoms with Gasteiger partial charge in [-0.25, -0.2) is 4.98 Å². The molecular formula is C21H16F3N3O2S. The third-order valence-electron chi connectivity index (χ3n) is 4.10. The highest BCUT2D eigenvalue weighted by Crippen LogP contribution is 2.38. The van der Waals surface area contributed by atoms with E-state index in [0.29, 0.717) is 16.7 Å². The van der Waals surface area contributed by atoms with Gasteiger partial charge in [-0.05, 0) is 59.7 Å². The van der Waals surface area contributed by atoms with Gasteiger partial charge in [0.05, 0.1) is 12.7 Å². The molecule has 0 aliphatic heterocycles. The van der Waals surface area contributed by atoms with Crippen LogP contribution in [-0.4, -0.2) is 23.1 Å². The number of rotatable bonds is 4. The summed E-state index contributed by atoms with van der Waals surface area (Å²) >= 11 is 5.13. The molecule has 0 unspecified atom stereocenters. The van der Waals surface area contributed by atoms with E-state index in [1.54, 1.807) is 36.4 Å². The van der Waals surface area contributed by atoms with E-state index < -0.39 is 17.6 Å². The van der Waals surface area contributed by atoms with Crippen LogP contribution in [0, 0.1) is 0 Å². The second-order valence-corrected chi connectivity index (χ2v) is 6.53. The van der Waals surface area contributed by atoms with E-state index in [-0.39, 0.29) is 16.7 Å². The molecule has 0 radical (unpaired) electrons. The molecule has 2 N–H and O–H groups in total. The number of alkyl halides is 3. The molecule has 0 saturated carbocycles. The molecule has 0 atom stereocenters. The minimum Gasteiger partial charge on any atom is -0.496 e. The second kappa shape index (κ2) is 8.91. The Labute approximate surface area is 175 Å². The summed E-state index contributed by atoms with van der Waals surface area (Å²) in [6.07, 6.45) is -3.13. The van der Waals surface area contributed by atoms with E-state index in [1.165, 1.54) is 31.5 Å². The minimum absolute atomic E-state index is 0.0132. The first-order valence-corrected chi connectivity index (χ1v) is 9.08. The van der Waals surface area contributed by atoms with Crippen molar-refractivity contribution in [1.82, 2.24) is 10.3 Å². The van der Waals surface area contributed by atoms with Crippen LogP contribution in [0.5, 0.6) is 5.75 Å². The van der Waals surface area contributed by atoms with Crippen molar-refractivity contribution in [3.05, 3.63) is 78.0 Å². The Morgan fingerprint density at radius 1 is 1.03 bits per heavy atom. The fourth-order valence-corrected chi connectivity index (χ4v) is 2.90. The van der Waals surface area contributed by atoms with E-state index in [9.17, 15) is 18.0 Å². The van der Waals surface area contributed by atoms with Gasteiger partial charge in [0, 0.05) is 11.8 Å². The van der Waals surface area contributed by atoms with Gasteiger partial charge >= 0.3 is 6.18 Å². The van der Waals surface area contributed by atoms with Crippen LogP contribution in [0.3, 0.4) is 0 Å². The number of aromatic nitrogens is 1. The van der Waals surface area contributed by atoms with E-state index in [2.05, 4.69) is 15.6 Å². The maximum atomic E-state index is 13.3. The van der Waals surface area contributed by atoms with E-state index >= 15 is 0 Å². The predicted octanol–water partition coefficient (Wildman–Crippen LogP) is 4.90. The lowest BCUT2D eigenvalue weighted by molar-refractivity contribution is -0.138. The van der Waals surface area contributed by atoms with Gasteiger partial charge < -0.3 is 10.1 Å². The number of hydrogen-bond acceptors (Lipinski definition) is 4. The number of nitrogens with zero attached hydrogens (tertiary/aromatic N) is 1. The Bertz CT molecular complexity index is 1070. The lowest BCUT2D eigenvalue weighted by Crippen LogP contribution is -2.34. The quantitative estimate of drug-likeness (QED) is 0.575. The zero-order valence-electron chi connectivity index (χ0n) is 15.7. The number of ether oxygens (including phenoxy) is 1. The molecule has 0 bridgehead atoms. The molecule has 0 fully saturated rings. The SMILES string of the molecule is COc1ccc(-c2ccnc(NC(=S)NC(=O)c3ccccc3)c2)cc1C(F)(F)F. The molecule has 2 aromatic carbocycles. The maximum Gasteiger partial charge on any atom is 0.419 e. The van der Waals surface area contributed by atoms with Crippen LogP contribution in [0.4, 0.5) is 19.0 Å². The van der Waals surface area contributed by atoms with Crippen LogP contribution in [0.2, 0.25) is 0 Å². The van der Waals surface area contributed by atoms with Crippen LogP contribution in [-0.2, 0) is 6.18 Å². The predicted molar refractivity (Wildman–Crippen MR) is 111 cm³/mol. The number of carbonyl (C=O) groups is 1. The summed E-state index contributed by atoms with van der Waals surface area (Å²) in [5, 5.41) is 5.30. The molecule has 0 aliphatic carbocycles. The number of benzene rings is 2. The number of carbonyl (C=O) groups excluding carboxylic acids is 1. The Kier molecular flexibility index (Phi) is 6.31. The van der Waals surface area contributed by atoms with E-state index in [4.69, 9.17) is 17.0 Å². The third kappa shape index (κ3) is 5.12. The van der Waals surface area contributed by atoms with Crippen LogP contribution >= 0.6 is 12.2 Å². The smallest absolute Gasteiger partial charge is 0.419 e. The summed E-state index contributed by atoms with van der Waals surface area (Å²) in [4.78, 5) is 16.2. The normalized spacial score (nSPS) is 10.9. The largest absolute Gasteiger partial charge is 0.496 e. The van der Waals surface area contributed by atoms with Gasteiger partial charge in [0.2, 0.25) is 0 Å². The average molecular weight is 431 g/mol. The lowest BCUT2D eigenvalue weighted by atomic mass is 10.0. The molecule has 0 spiro atoms. The van der Waals surface area contributed by atoms with Crippen molar-refractivity contribution >= 4 is 29.1 Å². The first-order valence-electron chi connectivity index (χ1n) is 8.67. The summed E-state index contributed by atoms with van der Waals surface area (Å²) in [6, 6.07) is 15.4. The summed E-state index contributed by atoms with van der Waals surface area (Å²) in [5.74, 6) is -0.382. The fraction of sp³-hybridized carbons (Fsp3) is 0.0952. The number of nitrogens with one attached hydrogen (secondary N) is 2. The van der Waals surface area contributed by atoms with Gasteiger partial charge in [0.1, 0.15) is 11.6 Å². The van der Waals surface area contributed by atoms with E-state index in [1.807, 2.05) is 0 Å². The molecule has 5 nitrogen and oxygen atoms in total. The average Bonchev–Trinajstić information content (AvgIpc) is 2.73. The number of anilines is 1. The van der Waals surface area contributed by atoms with Crippen LogP contribution in [0.15, 0.2) is 66.9 Å². The van der Waals surface area contributed by atoms with Gasteiger partial charge in [-0.3, -0.25) is 10.1 Å². The Hall–Kier alpha value is -3.46. The Morgan fingerprint density at radius 3 is 2.40 bits per heavy atom. The summed E-state index contributed by atoms with van der Waals surface area (Å²) in [6.45, 7) is 0. The molecule has 9 heteroatoms. The standard InChI is InChI=1S/C21H16F3N3O2S/c1-29-17-8-7-14(11-16(17)21(22,23)24)15-9-10-25-18(12-15)26-20(30)27-19(28)13-5-3-2-4-6-13/h2-12H,1H3,(H2,25,26,27,28,30). The maximum absolute atomic E-state index is 13.3. The summed E-state index contributed by atoms with van der Waals surface area (Å²) in [7, 11) is 1.18. The summed E-state index contributed by atoms with van der Waals surface area (Å²) in [5.41, 5.74) is 0.367. The highest BCUT2D eigenvalue weighted by atomic mass is 32.1. The van der Waals surface area contributed by atoms with Gasteiger partial charge in [-0.1, -0.05) is 24.3 Å². The Balaban J connectivity index is 1.78. The van der Waals surface area contributed by atoms with Gasteiger partial charge in [0.25, 0.3) is 5.91 Å². The number of thiocarbonyl (C=S) groups is 1. The molecule has 0 aliphatic rings. The van der Waals surface area contributed by atoms with Crippen molar-refractivity contribution < 1.29 is 22.7 Å². The van der Waals surface area contributed by atoms with Crippen molar-refractivity contribution in [3.63, 3.8) is 0 Å². The highest BCUT2D eigenvalue weighted by molar-refractivity contribution is 7.80. The van der Waals surface area contributed by atoms with E-state index in [0.717, 1.165) is 6.07 Å². The number of methoxy groups -OCH3 is 1. The Morgan fingerprint density at radius 2 is 1.73 bits per heavy atom. The minimum atomic E-state index is -4.56. The van der Waals surface area contributed by atoms with Crippen molar-refractivity contribution in [3.8, 4) is 16.9 Å². The van der Waals surface area contributed by atoms with Gasteiger partial charge in [-0.15, -0.1) is 0 Å². The van der Waals surface area contributed by atoms with Crippen LogP contribution in [0.25, 0.3) is 11.1 Å². The van der Waals surface area contributed by atoms with Crippen molar-refractivity contribution in [2.45, 2.75) is 6.18 Å². The van der Waals surface area contributed by atoms with Crippen molar-refractivity contribution in [2.24, 2.45) is 0 Å². The first-order chi connectivity index (χ1) is 14.3. The fourth-order valence-electron chi connectivity index (χ4n) is 2.70. The molecule has 154 valence electrons. The summed E-state index contributed by atoms with van der Waals surface area (Å²) < 4.78 is 44.7. The number of amides is 1. The second-order valence-electron chi connectivity index (χ2n) is 6.12. The van der Waals surface area contributed by atoms with Crippen LogP contribution < -0.4 is 15.4 Å². The third-order valence-corrected chi connectivity index (χ3v) is 4.31. The molecule has 3 rings (SSSR count). The van der Waals surface area contributed by atoms with Crippen molar-refractivity contribution in [1.29, 1.82) is 0 Å².